The van der Waals surface area contributed by atoms with E-state index in [2.05, 4.69) is 40.2 Å². The Bertz CT molecular complexity index is 6650. The first-order valence-corrected chi connectivity index (χ1v) is 31.4. The average Bonchev–Trinajstić information content (AvgIpc) is 1.00. The molecule has 18 aromatic rings. The summed E-state index contributed by atoms with van der Waals surface area (Å²) in [7, 11) is -1.44. The van der Waals surface area contributed by atoms with E-state index in [1.54, 1.807) is 28.7 Å². The Morgan fingerprint density at radius 3 is 1.10 bits per heavy atom. The summed E-state index contributed by atoms with van der Waals surface area (Å²) in [6.07, 6.45) is 0. The molecule has 0 radical (unpaired) electrons. The second-order valence-electron chi connectivity index (χ2n) is 21.6. The number of hydrogen-bond acceptors (Lipinski definition) is 4. The third-order valence-corrected chi connectivity index (χ3v) is 19.8. The number of rotatable bonds is 6. The first kappa shape index (κ1) is 40.5. The zero-order chi connectivity index (χ0) is 74.2. The van der Waals surface area contributed by atoms with Crippen LogP contribution in [-0.2, 0) is 0 Å². The van der Waals surface area contributed by atoms with Crippen LogP contribution in [0.4, 0.5) is 0 Å². The van der Waals surface area contributed by atoms with Crippen LogP contribution in [0.3, 0.4) is 0 Å². The molecular formula is C84H54BBrO2S2. The van der Waals surface area contributed by atoms with Crippen LogP contribution < -0.4 is 5.46 Å². The van der Waals surface area contributed by atoms with Crippen LogP contribution in [0.2, 0.25) is 0 Å². The largest absolute Gasteiger partial charge is 0.488 e. The quantitative estimate of drug-likeness (QED) is 0.129. The molecule has 0 saturated carbocycles. The molecule has 0 bridgehead atoms. The maximum absolute atomic E-state index is 9.37. The van der Waals surface area contributed by atoms with Gasteiger partial charge in [-0.1, -0.05) is 297 Å². The van der Waals surface area contributed by atoms with Gasteiger partial charge in [-0.2, -0.15) is 0 Å². The molecule has 6 heteroatoms. The summed E-state index contributed by atoms with van der Waals surface area (Å²) in [6, 6.07) is 65.6. The van der Waals surface area contributed by atoms with Crippen LogP contribution in [0.5, 0.6) is 0 Å². The predicted octanol–water partition coefficient (Wildman–Crippen LogP) is 23.5. The molecule has 0 spiro atoms. The van der Waals surface area contributed by atoms with Gasteiger partial charge in [-0.25, -0.2) is 0 Å². The number of fused-ring (bicyclic) bond motifs is 12. The van der Waals surface area contributed by atoms with Crippen molar-refractivity contribution in [2.45, 2.75) is 0 Å². The second kappa shape index (κ2) is 23.5. The lowest BCUT2D eigenvalue weighted by Gasteiger charge is -2.18. The molecule has 0 unspecified atom stereocenters. The maximum Gasteiger partial charge on any atom is 0.488 e. The van der Waals surface area contributed by atoms with E-state index >= 15 is 0 Å². The lowest BCUT2D eigenvalue weighted by Crippen LogP contribution is -2.29. The molecule has 2 nitrogen and oxygen atoms in total. The van der Waals surface area contributed by atoms with Crippen molar-refractivity contribution < 1.29 is 32.0 Å². The third-order valence-electron chi connectivity index (χ3n) is 16.6. The van der Waals surface area contributed by atoms with Gasteiger partial charge in [0.2, 0.25) is 0 Å². The SMILES string of the molecule is OB(O)c1cccc(-c2cccc3ccccc23)c1.[2H]c1c([2H])c([2H])c2c(-c3cccc4c3sc3ccccc34)c3c([2H])c([2H])c([2H])c([2H])c3c(-c3cccc(-c4cccc5ccccc45)c3)c2c1[2H].[2H]c1c([2H])c([2H])c2c(-c3cccc4c3sc3ccccc34)c3c([2H])c([2H])c([2H])c([2H])c3c(Br)c2c1[2H]. The first-order chi connectivity index (χ1) is 51.1. The lowest BCUT2D eigenvalue weighted by atomic mass is 9.79. The maximum atomic E-state index is 9.37. The van der Waals surface area contributed by atoms with Crippen molar-refractivity contribution in [2.75, 3.05) is 0 Å². The van der Waals surface area contributed by atoms with E-state index in [-0.39, 0.29) is 95.9 Å². The Morgan fingerprint density at radius 1 is 0.289 bits per heavy atom. The lowest BCUT2D eigenvalue weighted by molar-refractivity contribution is 0.426. The highest BCUT2D eigenvalue weighted by atomic mass is 79.9. The zero-order valence-electron chi connectivity index (χ0n) is 63.5. The summed E-state index contributed by atoms with van der Waals surface area (Å²) in [5.41, 5.74) is 7.40. The second-order valence-corrected chi connectivity index (χ2v) is 24.5. The Hall–Kier alpha value is -10.0. The summed E-state index contributed by atoms with van der Waals surface area (Å²) in [6.45, 7) is 0. The summed E-state index contributed by atoms with van der Waals surface area (Å²) in [5, 5.41) is 28.7. The van der Waals surface area contributed by atoms with Gasteiger partial charge in [0.15, 0.2) is 0 Å². The van der Waals surface area contributed by atoms with Crippen molar-refractivity contribution in [1.29, 1.82) is 0 Å². The van der Waals surface area contributed by atoms with E-state index in [9.17, 15) is 15.5 Å². The molecular weight excluding hydrogens is 1200 g/mol. The molecule has 0 saturated heterocycles. The molecule has 16 aromatic carbocycles. The topological polar surface area (TPSA) is 40.5 Å². The fourth-order valence-corrected chi connectivity index (χ4v) is 15.6. The minimum absolute atomic E-state index is 0.187. The van der Waals surface area contributed by atoms with E-state index in [4.69, 9.17) is 16.4 Å². The Kier molecular flexibility index (Phi) is 10.6. The van der Waals surface area contributed by atoms with Crippen LogP contribution in [-0.4, -0.2) is 17.2 Å². The Balaban J connectivity index is 0.000000135. The minimum atomic E-state index is -1.44. The van der Waals surface area contributed by atoms with Gasteiger partial charge in [0.1, 0.15) is 0 Å². The fourth-order valence-electron chi connectivity index (χ4n) is 12.6. The molecule has 0 aliphatic carbocycles. The van der Waals surface area contributed by atoms with Crippen molar-refractivity contribution in [3.63, 3.8) is 0 Å². The minimum Gasteiger partial charge on any atom is -0.423 e. The molecule has 0 aliphatic rings. The predicted molar refractivity (Wildman–Crippen MR) is 395 cm³/mol. The highest BCUT2D eigenvalue weighted by Gasteiger charge is 2.22. The summed E-state index contributed by atoms with van der Waals surface area (Å²) in [5.74, 6) is 0. The third kappa shape index (κ3) is 9.73. The number of halogens is 1. The highest BCUT2D eigenvalue weighted by Crippen LogP contribution is 2.50. The van der Waals surface area contributed by atoms with Gasteiger partial charge < -0.3 is 10.0 Å². The van der Waals surface area contributed by atoms with E-state index in [0.717, 1.165) is 78.8 Å². The molecule has 0 atom stereocenters. The van der Waals surface area contributed by atoms with Gasteiger partial charge in [0.25, 0.3) is 0 Å². The number of benzene rings is 16. The monoisotopic (exact) mass is 1260 g/mol. The van der Waals surface area contributed by atoms with Gasteiger partial charge in [-0.3, -0.25) is 0 Å². The summed E-state index contributed by atoms with van der Waals surface area (Å²) in [4.78, 5) is 0. The van der Waals surface area contributed by atoms with E-state index in [0.29, 0.717) is 38.8 Å². The van der Waals surface area contributed by atoms with Crippen molar-refractivity contribution >= 4 is 156 Å². The zero-order valence-corrected chi connectivity index (χ0v) is 50.7. The van der Waals surface area contributed by atoms with Crippen LogP contribution in [0.25, 0.3) is 161 Å². The molecule has 2 N–H and O–H groups in total. The number of thiophene rings is 2. The van der Waals surface area contributed by atoms with Crippen LogP contribution in [0.15, 0.2) is 320 Å². The van der Waals surface area contributed by atoms with Crippen molar-refractivity contribution in [3.8, 4) is 55.6 Å². The highest BCUT2D eigenvalue weighted by molar-refractivity contribution is 9.10. The van der Waals surface area contributed by atoms with Gasteiger partial charge >= 0.3 is 7.12 Å². The molecule has 2 aromatic heterocycles. The molecule has 424 valence electrons. The smallest absolute Gasteiger partial charge is 0.423 e. The molecule has 0 fully saturated rings. The molecule has 90 heavy (non-hydrogen) atoms. The van der Waals surface area contributed by atoms with Gasteiger partial charge in [0.05, 0.1) is 21.9 Å². The van der Waals surface area contributed by atoms with Crippen molar-refractivity contribution in [1.82, 2.24) is 0 Å². The van der Waals surface area contributed by atoms with E-state index in [1.807, 2.05) is 188 Å². The summed E-state index contributed by atoms with van der Waals surface area (Å²) < 4.78 is 145. The average molecular weight is 1270 g/mol. The summed E-state index contributed by atoms with van der Waals surface area (Å²) >= 11 is 6.56. The van der Waals surface area contributed by atoms with Gasteiger partial charge in [-0.15, -0.1) is 22.7 Å². The Morgan fingerprint density at radius 2 is 0.622 bits per heavy atom. The van der Waals surface area contributed by atoms with E-state index < -0.39 is 55.5 Å². The molecule has 0 amide bonds. The molecule has 18 rings (SSSR count). The van der Waals surface area contributed by atoms with Crippen LogP contribution in [0.1, 0.15) is 21.9 Å². The van der Waals surface area contributed by atoms with E-state index in [1.165, 1.54) is 5.39 Å². The van der Waals surface area contributed by atoms with Crippen molar-refractivity contribution in [3.05, 3.63) is 320 Å². The molecule has 0 aliphatic heterocycles. The van der Waals surface area contributed by atoms with Gasteiger partial charge in [0, 0.05) is 55.9 Å². The van der Waals surface area contributed by atoms with Crippen LogP contribution in [0, 0.1) is 0 Å². The normalized spacial score (nSPS) is 14.0. The Labute approximate surface area is 560 Å². The molecule has 2 heterocycles. The van der Waals surface area contributed by atoms with Crippen LogP contribution >= 0.6 is 38.6 Å². The number of hydrogen-bond donors (Lipinski definition) is 2. The fraction of sp³-hybridized carbons (Fsp3) is 0. The first-order valence-electron chi connectivity index (χ1n) is 37.0. The van der Waals surface area contributed by atoms with Gasteiger partial charge in [-0.05, 0) is 149 Å². The van der Waals surface area contributed by atoms with Crippen molar-refractivity contribution in [2.24, 2.45) is 0 Å². The standard InChI is InChI=1S/C42H26S.C26H15BrS.C16H13BO2/c1-2-16-30-27(12-1)13-10-22-31(30)28-14-9-15-29(26-28)40-33-18-3-5-20-35(33)41(36-21-6-4-19-34(36)40)38-24-11-23-37-32-17-7-8-25-39(32)43-42(37)38;27-25-19-11-3-1-9-17(19)24(18-10-2-4-12-20(18)25)22-14-7-13-21-16-8-5-6-15-23(16)28-26(21)22;18-17(19)14-8-3-7-13(11-14)16-10-4-6-12-5-1-2-9-15(12)16/h1-26H;1-15H;1-11,18-19H/i3D,4D,5D,6D,18D,19D,20D,21D;1D,2D,3D,4D,9D,10D,11D,12D;.